The molecule has 0 unspecified atom stereocenters. The van der Waals surface area contributed by atoms with Crippen molar-refractivity contribution in [1.29, 1.82) is 0 Å². The Labute approximate surface area is 121 Å². The van der Waals surface area contributed by atoms with Crippen LogP contribution in [0.25, 0.3) is 0 Å². The molecule has 1 fully saturated rings. The number of ether oxygens (including phenoxy) is 2. The zero-order chi connectivity index (χ0) is 15.3. The number of carbonyl (C=O) groups is 2. The Morgan fingerprint density at radius 1 is 1.48 bits per heavy atom. The maximum Gasteiger partial charge on any atom is 0.311 e. The first-order valence-electron chi connectivity index (χ1n) is 6.66. The van der Waals surface area contributed by atoms with E-state index in [9.17, 15) is 14.7 Å². The van der Waals surface area contributed by atoms with Gasteiger partial charge in [-0.05, 0) is 24.9 Å². The van der Waals surface area contributed by atoms with Crippen molar-refractivity contribution in [3.8, 4) is 5.88 Å². The van der Waals surface area contributed by atoms with Gasteiger partial charge in [-0.3, -0.25) is 9.59 Å². The average molecular weight is 298 g/mol. The van der Waals surface area contributed by atoms with Gasteiger partial charge in [-0.15, -0.1) is 0 Å². The van der Waals surface area contributed by atoms with Gasteiger partial charge in [-0.2, -0.15) is 0 Å². The molecular weight excluding hydrogens is 280 g/mol. The number of carboxylic acid groups (broad SMARTS) is 1. The van der Waals surface area contributed by atoms with Crippen LogP contribution in [0.4, 0.5) is 0 Å². The van der Waals surface area contributed by atoms with Crippen LogP contribution in [0, 0.1) is 12.3 Å². The smallest absolute Gasteiger partial charge is 0.311 e. The molecule has 1 aromatic rings. The lowest BCUT2D eigenvalue weighted by Gasteiger charge is -2.33. The summed E-state index contributed by atoms with van der Waals surface area (Å²) in [5, 5.41) is 15.5. The molecule has 0 bridgehead atoms. The number of rotatable bonds is 6. The molecule has 1 saturated heterocycles. The average Bonchev–Trinajstić information content (AvgIpc) is 2.89. The molecule has 0 atom stereocenters. The van der Waals surface area contributed by atoms with Crippen LogP contribution in [0.1, 0.15) is 18.6 Å². The van der Waals surface area contributed by atoms with Gasteiger partial charge >= 0.3 is 5.97 Å². The molecule has 21 heavy (non-hydrogen) atoms. The highest BCUT2D eigenvalue weighted by atomic mass is 16.5. The second-order valence-corrected chi connectivity index (χ2v) is 5.04. The highest BCUT2D eigenvalue weighted by Crippen LogP contribution is 2.30. The molecule has 2 rings (SSSR count). The van der Waals surface area contributed by atoms with Crippen molar-refractivity contribution in [1.82, 2.24) is 10.5 Å². The standard InChI is InChI=1S/C13H18N2O6/c1-9-6-11(15-21-9)20-7-10(16)14-8-13(12(17)18)2-4-19-5-3-13/h6H,2-5,7-8H2,1H3,(H,14,16)(H,17,18). The first kappa shape index (κ1) is 15.3. The predicted molar refractivity (Wildman–Crippen MR) is 69.9 cm³/mol. The fourth-order valence-electron chi connectivity index (χ4n) is 2.10. The molecule has 2 N–H and O–H groups in total. The fraction of sp³-hybridized carbons (Fsp3) is 0.615. The van der Waals surface area contributed by atoms with Gasteiger partial charge in [0.05, 0.1) is 5.41 Å². The zero-order valence-corrected chi connectivity index (χ0v) is 11.8. The largest absolute Gasteiger partial charge is 0.481 e. The van der Waals surface area contributed by atoms with Crippen LogP contribution in [0.3, 0.4) is 0 Å². The SMILES string of the molecule is Cc1cc(OCC(=O)NCC2(C(=O)O)CCOCC2)no1. The summed E-state index contributed by atoms with van der Waals surface area (Å²) in [7, 11) is 0. The minimum atomic E-state index is -0.960. The van der Waals surface area contributed by atoms with Gasteiger partial charge in [-0.25, -0.2) is 0 Å². The van der Waals surface area contributed by atoms with Crippen molar-refractivity contribution in [2.75, 3.05) is 26.4 Å². The highest BCUT2D eigenvalue weighted by Gasteiger charge is 2.40. The molecule has 0 aliphatic carbocycles. The first-order chi connectivity index (χ1) is 10.0. The van der Waals surface area contributed by atoms with Gasteiger partial charge in [-0.1, -0.05) is 0 Å². The number of carboxylic acids is 1. The molecule has 2 heterocycles. The Morgan fingerprint density at radius 3 is 2.76 bits per heavy atom. The van der Waals surface area contributed by atoms with E-state index in [4.69, 9.17) is 14.0 Å². The Morgan fingerprint density at radius 2 is 2.19 bits per heavy atom. The van der Waals surface area contributed by atoms with E-state index in [0.29, 0.717) is 31.8 Å². The van der Waals surface area contributed by atoms with E-state index in [-0.39, 0.29) is 19.0 Å². The molecule has 1 aromatic heterocycles. The van der Waals surface area contributed by atoms with E-state index in [0.717, 1.165) is 0 Å². The second kappa shape index (κ2) is 6.57. The number of nitrogens with zero attached hydrogens (tertiary/aromatic N) is 1. The van der Waals surface area contributed by atoms with E-state index in [1.165, 1.54) is 0 Å². The lowest BCUT2D eigenvalue weighted by molar-refractivity contribution is -0.154. The number of aryl methyl sites for hydroxylation is 1. The molecule has 116 valence electrons. The number of hydrogen-bond donors (Lipinski definition) is 2. The third-order valence-electron chi connectivity index (χ3n) is 3.49. The number of carbonyl (C=O) groups excluding carboxylic acids is 1. The molecule has 0 saturated carbocycles. The third-order valence-corrected chi connectivity index (χ3v) is 3.49. The van der Waals surface area contributed by atoms with Crippen LogP contribution < -0.4 is 10.1 Å². The third kappa shape index (κ3) is 3.94. The van der Waals surface area contributed by atoms with Crippen LogP contribution in [-0.2, 0) is 14.3 Å². The molecule has 8 nitrogen and oxygen atoms in total. The maximum atomic E-state index is 11.7. The zero-order valence-electron chi connectivity index (χ0n) is 11.8. The number of aromatic nitrogens is 1. The van der Waals surface area contributed by atoms with E-state index in [1.54, 1.807) is 13.0 Å². The molecule has 1 aliphatic rings. The first-order valence-corrected chi connectivity index (χ1v) is 6.66. The highest BCUT2D eigenvalue weighted by molar-refractivity contribution is 5.80. The van der Waals surface area contributed by atoms with E-state index < -0.39 is 17.3 Å². The van der Waals surface area contributed by atoms with Crippen molar-refractivity contribution < 1.29 is 28.7 Å². The van der Waals surface area contributed by atoms with Crippen molar-refractivity contribution >= 4 is 11.9 Å². The summed E-state index contributed by atoms with van der Waals surface area (Å²) in [6, 6.07) is 1.56. The van der Waals surface area contributed by atoms with E-state index in [1.807, 2.05) is 0 Å². The lowest BCUT2D eigenvalue weighted by atomic mass is 9.80. The van der Waals surface area contributed by atoms with Gasteiger partial charge in [0.1, 0.15) is 5.76 Å². The predicted octanol–water partition coefficient (Wildman–Crippen LogP) is 0.359. The summed E-state index contributed by atoms with van der Waals surface area (Å²) < 4.78 is 15.1. The Hall–Kier alpha value is -2.09. The van der Waals surface area contributed by atoms with Crippen molar-refractivity contribution in [3.63, 3.8) is 0 Å². The number of amides is 1. The molecular formula is C13H18N2O6. The van der Waals surface area contributed by atoms with Crippen LogP contribution in [0.15, 0.2) is 10.6 Å². The quantitative estimate of drug-likeness (QED) is 0.780. The normalized spacial score (nSPS) is 17.2. The Bertz CT molecular complexity index is 507. The summed E-state index contributed by atoms with van der Waals surface area (Å²) in [5.41, 5.74) is -0.960. The van der Waals surface area contributed by atoms with Crippen LogP contribution >= 0.6 is 0 Å². The van der Waals surface area contributed by atoms with Gasteiger partial charge in [0.25, 0.3) is 11.8 Å². The molecule has 0 aromatic carbocycles. The summed E-state index contributed by atoms with van der Waals surface area (Å²) in [4.78, 5) is 23.1. The Balaban J connectivity index is 1.80. The molecule has 0 radical (unpaired) electrons. The number of aliphatic carboxylic acids is 1. The molecule has 1 aliphatic heterocycles. The number of hydrogen-bond acceptors (Lipinski definition) is 6. The van der Waals surface area contributed by atoms with Crippen LogP contribution in [0.2, 0.25) is 0 Å². The number of nitrogens with one attached hydrogen (secondary N) is 1. The summed E-state index contributed by atoms with van der Waals surface area (Å²) >= 11 is 0. The van der Waals surface area contributed by atoms with Gasteiger partial charge in [0.15, 0.2) is 6.61 Å². The molecule has 8 heteroatoms. The molecule has 1 amide bonds. The van der Waals surface area contributed by atoms with Gasteiger partial charge in [0, 0.05) is 25.8 Å². The molecule has 0 spiro atoms. The Kier molecular flexibility index (Phi) is 4.79. The van der Waals surface area contributed by atoms with Gasteiger partial charge < -0.3 is 24.4 Å². The fourth-order valence-corrected chi connectivity index (χ4v) is 2.10. The maximum absolute atomic E-state index is 11.7. The lowest BCUT2D eigenvalue weighted by Crippen LogP contribution is -2.47. The second-order valence-electron chi connectivity index (χ2n) is 5.04. The monoisotopic (exact) mass is 298 g/mol. The minimum Gasteiger partial charge on any atom is -0.481 e. The van der Waals surface area contributed by atoms with Crippen molar-refractivity contribution in [2.24, 2.45) is 5.41 Å². The van der Waals surface area contributed by atoms with Crippen molar-refractivity contribution in [2.45, 2.75) is 19.8 Å². The van der Waals surface area contributed by atoms with Gasteiger partial charge in [0.2, 0.25) is 0 Å². The van der Waals surface area contributed by atoms with Crippen LogP contribution in [0.5, 0.6) is 5.88 Å². The van der Waals surface area contributed by atoms with E-state index in [2.05, 4.69) is 10.5 Å². The summed E-state index contributed by atoms with van der Waals surface area (Å²) in [6.07, 6.45) is 0.762. The minimum absolute atomic E-state index is 0.0612. The van der Waals surface area contributed by atoms with E-state index >= 15 is 0 Å². The van der Waals surface area contributed by atoms with Crippen molar-refractivity contribution in [3.05, 3.63) is 11.8 Å². The summed E-state index contributed by atoms with van der Waals surface area (Å²) in [6.45, 7) is 2.30. The topological polar surface area (TPSA) is 111 Å². The summed E-state index contributed by atoms with van der Waals surface area (Å²) in [5.74, 6) is -0.513. The van der Waals surface area contributed by atoms with Crippen LogP contribution in [-0.4, -0.2) is 48.5 Å².